The minimum absolute atomic E-state index is 0.104. The third-order valence-electron chi connectivity index (χ3n) is 2.55. The summed E-state index contributed by atoms with van der Waals surface area (Å²) in [4.78, 5) is 22.5. The third kappa shape index (κ3) is 3.29. The maximum Gasteiger partial charge on any atom is 0.354 e. The van der Waals surface area contributed by atoms with Crippen LogP contribution in [0.4, 0.5) is 4.39 Å². The first kappa shape index (κ1) is 13.5. The van der Waals surface area contributed by atoms with Crippen LogP contribution in [-0.2, 0) is 20.9 Å². The van der Waals surface area contributed by atoms with E-state index in [2.05, 4.69) is 10.5 Å². The molecule has 0 spiro atoms. The smallest absolute Gasteiger partial charge is 0.354 e. The predicted octanol–water partition coefficient (Wildman–Crippen LogP) is 1.79. The van der Waals surface area contributed by atoms with Gasteiger partial charge in [-0.1, -0.05) is 17.7 Å². The quantitative estimate of drug-likeness (QED) is 0.861. The molecule has 0 bridgehead atoms. The molecule has 1 aliphatic heterocycles. The number of hydrogen-bond acceptors (Lipinski definition) is 4. The lowest BCUT2D eigenvalue weighted by molar-refractivity contribution is -0.137. The number of rotatable bonds is 3. The fourth-order valence-electron chi connectivity index (χ4n) is 1.51. The maximum absolute atomic E-state index is 13.4. The van der Waals surface area contributed by atoms with Gasteiger partial charge < -0.3 is 4.74 Å². The topological polar surface area (TPSA) is 67.8 Å². The second-order valence-electron chi connectivity index (χ2n) is 3.87. The molecule has 0 saturated heterocycles. The Morgan fingerprint density at radius 1 is 1.47 bits per heavy atom. The lowest BCUT2D eigenvalue weighted by Crippen LogP contribution is -2.30. The van der Waals surface area contributed by atoms with Gasteiger partial charge in [-0.2, -0.15) is 5.10 Å². The number of benzene rings is 1. The van der Waals surface area contributed by atoms with Crippen LogP contribution in [-0.4, -0.2) is 17.6 Å². The zero-order chi connectivity index (χ0) is 13.8. The third-order valence-corrected chi connectivity index (χ3v) is 2.90. The first-order valence-corrected chi connectivity index (χ1v) is 5.91. The Hall–Kier alpha value is -1.95. The van der Waals surface area contributed by atoms with Gasteiger partial charge in [-0.05, 0) is 12.1 Å². The molecule has 1 amide bonds. The van der Waals surface area contributed by atoms with Gasteiger partial charge >= 0.3 is 5.97 Å². The molecule has 0 saturated carbocycles. The fourth-order valence-corrected chi connectivity index (χ4v) is 1.73. The summed E-state index contributed by atoms with van der Waals surface area (Å²) in [5.74, 6) is -1.49. The Morgan fingerprint density at radius 3 is 2.89 bits per heavy atom. The largest absolute Gasteiger partial charge is 0.456 e. The van der Waals surface area contributed by atoms with E-state index in [1.54, 1.807) is 0 Å². The van der Waals surface area contributed by atoms with E-state index in [0.29, 0.717) is 0 Å². The zero-order valence-corrected chi connectivity index (χ0v) is 10.5. The lowest BCUT2D eigenvalue weighted by Gasteiger charge is -2.12. The molecule has 100 valence electrons. The monoisotopic (exact) mass is 284 g/mol. The summed E-state index contributed by atoms with van der Waals surface area (Å²) in [6.45, 7) is -0.280. The molecule has 5 nitrogen and oxygen atoms in total. The molecule has 1 aliphatic rings. The zero-order valence-electron chi connectivity index (χ0n) is 9.78. The summed E-state index contributed by atoms with van der Waals surface area (Å²) in [5.41, 5.74) is 2.39. The van der Waals surface area contributed by atoms with E-state index in [4.69, 9.17) is 16.3 Å². The molecule has 0 aliphatic carbocycles. The number of nitrogens with zero attached hydrogens (tertiary/aromatic N) is 1. The summed E-state index contributed by atoms with van der Waals surface area (Å²) in [6, 6.07) is 4.20. The molecule has 7 heteroatoms. The second-order valence-corrected chi connectivity index (χ2v) is 4.28. The highest BCUT2D eigenvalue weighted by Gasteiger charge is 2.20. The van der Waals surface area contributed by atoms with E-state index >= 15 is 0 Å². The molecule has 0 atom stereocenters. The van der Waals surface area contributed by atoms with Crippen molar-refractivity contribution in [3.63, 3.8) is 0 Å². The highest BCUT2D eigenvalue weighted by molar-refractivity contribution is 6.37. The van der Waals surface area contributed by atoms with Gasteiger partial charge in [0.2, 0.25) is 5.91 Å². The number of hydrazone groups is 1. The number of esters is 1. The van der Waals surface area contributed by atoms with Crippen molar-refractivity contribution in [3.05, 3.63) is 34.6 Å². The van der Waals surface area contributed by atoms with E-state index < -0.39 is 11.8 Å². The summed E-state index contributed by atoms with van der Waals surface area (Å²) in [5, 5.41) is 3.77. The Morgan fingerprint density at radius 2 is 2.26 bits per heavy atom. The molecular formula is C12H10ClFN2O3. The molecular weight excluding hydrogens is 275 g/mol. The second kappa shape index (κ2) is 5.79. The molecule has 1 heterocycles. The number of halogens is 2. The fraction of sp³-hybridized carbons (Fsp3) is 0.250. The summed E-state index contributed by atoms with van der Waals surface area (Å²) >= 11 is 5.80. The summed E-state index contributed by atoms with van der Waals surface area (Å²) in [6.07, 6.45) is 0.379. The number of carbonyl (C=O) groups is 2. The number of nitrogens with one attached hydrogen (secondary N) is 1. The maximum atomic E-state index is 13.4. The van der Waals surface area contributed by atoms with Crippen LogP contribution in [0.5, 0.6) is 0 Å². The minimum atomic E-state index is -0.695. The highest BCUT2D eigenvalue weighted by atomic mass is 35.5. The Kier molecular flexibility index (Phi) is 4.11. The van der Waals surface area contributed by atoms with Crippen LogP contribution in [0.25, 0.3) is 0 Å². The van der Waals surface area contributed by atoms with E-state index in [1.807, 2.05) is 0 Å². The molecule has 1 aromatic carbocycles. The van der Waals surface area contributed by atoms with Crippen LogP contribution in [0, 0.1) is 5.82 Å². The van der Waals surface area contributed by atoms with Crippen molar-refractivity contribution in [2.45, 2.75) is 19.4 Å². The molecule has 19 heavy (non-hydrogen) atoms. The molecule has 2 rings (SSSR count). The van der Waals surface area contributed by atoms with Gasteiger partial charge in [-0.3, -0.25) is 4.79 Å². The van der Waals surface area contributed by atoms with Crippen LogP contribution in [0.1, 0.15) is 18.4 Å². The van der Waals surface area contributed by atoms with Crippen molar-refractivity contribution >= 4 is 29.2 Å². The van der Waals surface area contributed by atoms with Crippen LogP contribution in [0.15, 0.2) is 23.3 Å². The van der Waals surface area contributed by atoms with Gasteiger partial charge in [-0.15, -0.1) is 0 Å². The summed E-state index contributed by atoms with van der Waals surface area (Å²) in [7, 11) is 0. The Bertz CT molecular complexity index is 540. The van der Waals surface area contributed by atoms with Crippen molar-refractivity contribution in [1.82, 2.24) is 5.43 Å². The van der Waals surface area contributed by atoms with Crippen molar-refractivity contribution in [3.8, 4) is 0 Å². The number of amides is 1. The standard InChI is InChI=1S/C12H10ClFN2O3/c13-8-2-1-3-9(14)7(8)6-19-12(18)10-4-5-11(17)16-15-10/h1-3H,4-6H2,(H,16,17). The molecule has 1 aromatic rings. The van der Waals surface area contributed by atoms with E-state index in [9.17, 15) is 14.0 Å². The molecule has 1 N–H and O–H groups in total. The Balaban J connectivity index is 1.99. The Labute approximate surface area is 113 Å². The number of ether oxygens (including phenoxy) is 1. The van der Waals surface area contributed by atoms with Gasteiger partial charge in [0.25, 0.3) is 0 Å². The highest BCUT2D eigenvalue weighted by Crippen LogP contribution is 2.20. The van der Waals surface area contributed by atoms with Crippen LogP contribution >= 0.6 is 11.6 Å². The first-order valence-electron chi connectivity index (χ1n) is 5.53. The molecule has 0 fully saturated rings. The molecule has 0 unspecified atom stereocenters. The van der Waals surface area contributed by atoms with Crippen molar-refractivity contribution in [2.75, 3.05) is 0 Å². The van der Waals surface area contributed by atoms with Crippen LogP contribution < -0.4 is 5.43 Å². The minimum Gasteiger partial charge on any atom is -0.456 e. The average molecular weight is 285 g/mol. The van der Waals surface area contributed by atoms with Gasteiger partial charge in [0.05, 0.1) is 5.02 Å². The first-order chi connectivity index (χ1) is 9.08. The molecule has 0 radical (unpaired) electrons. The lowest BCUT2D eigenvalue weighted by atomic mass is 10.2. The van der Waals surface area contributed by atoms with Gasteiger partial charge in [0.1, 0.15) is 18.1 Å². The van der Waals surface area contributed by atoms with Crippen molar-refractivity contribution < 1.29 is 18.7 Å². The van der Waals surface area contributed by atoms with E-state index in [0.717, 1.165) is 0 Å². The van der Waals surface area contributed by atoms with Gasteiger partial charge in [0, 0.05) is 18.4 Å². The average Bonchev–Trinajstić information content (AvgIpc) is 2.38. The number of hydrogen-bond donors (Lipinski definition) is 1. The van der Waals surface area contributed by atoms with Gasteiger partial charge in [0.15, 0.2) is 0 Å². The van der Waals surface area contributed by atoms with E-state index in [-0.39, 0.29) is 41.7 Å². The SMILES string of the molecule is O=C1CCC(C(=O)OCc2c(F)cccc2Cl)=NN1. The molecule has 0 aromatic heterocycles. The predicted molar refractivity (Wildman–Crippen MR) is 66.0 cm³/mol. The number of carbonyl (C=O) groups excluding carboxylic acids is 2. The van der Waals surface area contributed by atoms with Gasteiger partial charge in [-0.25, -0.2) is 14.6 Å². The van der Waals surface area contributed by atoms with Crippen LogP contribution in [0.3, 0.4) is 0 Å². The van der Waals surface area contributed by atoms with Crippen molar-refractivity contribution in [1.29, 1.82) is 0 Å². The summed E-state index contributed by atoms with van der Waals surface area (Å²) < 4.78 is 18.4. The van der Waals surface area contributed by atoms with Crippen LogP contribution in [0.2, 0.25) is 5.02 Å². The van der Waals surface area contributed by atoms with E-state index in [1.165, 1.54) is 18.2 Å². The van der Waals surface area contributed by atoms with Crippen molar-refractivity contribution in [2.24, 2.45) is 5.10 Å². The normalized spacial score (nSPS) is 14.6.